The SMILES string of the molecule is C/C=C/CCNC(=O)Nc1cccc(OC)c1. The lowest BCUT2D eigenvalue weighted by Gasteiger charge is -2.07. The first-order valence-corrected chi connectivity index (χ1v) is 5.56. The number of rotatable bonds is 5. The Hall–Kier alpha value is -1.97. The van der Waals surface area contributed by atoms with Crippen LogP contribution in [0.25, 0.3) is 0 Å². The summed E-state index contributed by atoms with van der Waals surface area (Å²) in [5.74, 6) is 0.719. The van der Waals surface area contributed by atoms with Crippen LogP contribution in [0.3, 0.4) is 0 Å². The summed E-state index contributed by atoms with van der Waals surface area (Å²) in [6.07, 6.45) is 4.80. The summed E-state index contributed by atoms with van der Waals surface area (Å²) in [6.45, 7) is 2.58. The van der Waals surface area contributed by atoms with Crippen molar-refractivity contribution in [3.63, 3.8) is 0 Å². The third kappa shape index (κ3) is 5.06. The van der Waals surface area contributed by atoms with Crippen molar-refractivity contribution >= 4 is 11.7 Å². The number of benzene rings is 1. The summed E-state index contributed by atoms with van der Waals surface area (Å²) in [5.41, 5.74) is 0.716. The lowest BCUT2D eigenvalue weighted by atomic mass is 10.3. The Morgan fingerprint density at radius 2 is 2.29 bits per heavy atom. The van der Waals surface area contributed by atoms with E-state index in [-0.39, 0.29) is 6.03 Å². The van der Waals surface area contributed by atoms with Crippen LogP contribution in [0.4, 0.5) is 10.5 Å². The van der Waals surface area contributed by atoms with Gasteiger partial charge in [-0.25, -0.2) is 4.79 Å². The van der Waals surface area contributed by atoms with E-state index in [4.69, 9.17) is 4.74 Å². The van der Waals surface area contributed by atoms with Crippen LogP contribution in [0.15, 0.2) is 36.4 Å². The topological polar surface area (TPSA) is 50.4 Å². The van der Waals surface area contributed by atoms with Gasteiger partial charge < -0.3 is 15.4 Å². The van der Waals surface area contributed by atoms with Crippen molar-refractivity contribution in [2.24, 2.45) is 0 Å². The smallest absolute Gasteiger partial charge is 0.319 e. The third-order valence-electron chi connectivity index (χ3n) is 2.16. The van der Waals surface area contributed by atoms with Crippen molar-refractivity contribution in [3.8, 4) is 5.75 Å². The van der Waals surface area contributed by atoms with Gasteiger partial charge >= 0.3 is 6.03 Å². The number of carbonyl (C=O) groups excluding carboxylic acids is 1. The maximum Gasteiger partial charge on any atom is 0.319 e. The van der Waals surface area contributed by atoms with Gasteiger partial charge in [-0.1, -0.05) is 18.2 Å². The number of carbonyl (C=O) groups is 1. The first kappa shape index (κ1) is 13.1. The molecule has 2 amide bonds. The molecule has 0 fully saturated rings. The summed E-state index contributed by atoms with van der Waals surface area (Å²) in [5, 5.41) is 5.50. The molecule has 0 heterocycles. The fourth-order valence-electron chi connectivity index (χ4n) is 1.31. The summed E-state index contributed by atoms with van der Waals surface area (Å²) in [7, 11) is 1.59. The number of anilines is 1. The van der Waals surface area contributed by atoms with Crippen LogP contribution in [0.1, 0.15) is 13.3 Å². The Morgan fingerprint density at radius 3 is 3.00 bits per heavy atom. The number of methoxy groups -OCH3 is 1. The van der Waals surface area contributed by atoms with Gasteiger partial charge in [-0.05, 0) is 25.5 Å². The minimum atomic E-state index is -0.206. The van der Waals surface area contributed by atoms with Gasteiger partial charge in [-0.3, -0.25) is 0 Å². The van der Waals surface area contributed by atoms with Crippen LogP contribution in [-0.4, -0.2) is 19.7 Å². The van der Waals surface area contributed by atoms with Crippen molar-refractivity contribution in [1.29, 1.82) is 0 Å². The van der Waals surface area contributed by atoms with E-state index >= 15 is 0 Å². The summed E-state index contributed by atoms with van der Waals surface area (Å²) in [4.78, 5) is 11.5. The molecule has 2 N–H and O–H groups in total. The molecule has 17 heavy (non-hydrogen) atoms. The van der Waals surface area contributed by atoms with E-state index in [1.807, 2.05) is 37.3 Å². The summed E-state index contributed by atoms with van der Waals surface area (Å²) >= 11 is 0. The molecule has 0 unspecified atom stereocenters. The molecule has 1 rings (SSSR count). The van der Waals surface area contributed by atoms with E-state index < -0.39 is 0 Å². The standard InChI is InChI=1S/C13H18N2O2/c1-3-4-5-9-14-13(16)15-11-7-6-8-12(10-11)17-2/h3-4,6-8,10H,5,9H2,1-2H3,(H2,14,15,16)/b4-3+. The Labute approximate surface area is 102 Å². The van der Waals surface area contributed by atoms with Gasteiger partial charge in [0.2, 0.25) is 0 Å². The zero-order valence-electron chi connectivity index (χ0n) is 10.2. The first-order chi connectivity index (χ1) is 8.26. The van der Waals surface area contributed by atoms with Crippen LogP contribution in [0.2, 0.25) is 0 Å². The molecule has 0 bridgehead atoms. The van der Waals surface area contributed by atoms with E-state index in [0.29, 0.717) is 12.2 Å². The highest BCUT2D eigenvalue weighted by atomic mass is 16.5. The van der Waals surface area contributed by atoms with Gasteiger partial charge in [0, 0.05) is 18.3 Å². The van der Waals surface area contributed by atoms with Crippen LogP contribution in [-0.2, 0) is 0 Å². The van der Waals surface area contributed by atoms with E-state index in [9.17, 15) is 4.79 Å². The highest BCUT2D eigenvalue weighted by Crippen LogP contribution is 2.16. The minimum absolute atomic E-state index is 0.206. The molecule has 0 saturated heterocycles. The van der Waals surface area contributed by atoms with Gasteiger partial charge in [0.05, 0.1) is 7.11 Å². The van der Waals surface area contributed by atoms with E-state index in [0.717, 1.165) is 12.2 Å². The third-order valence-corrected chi connectivity index (χ3v) is 2.16. The zero-order valence-corrected chi connectivity index (χ0v) is 10.2. The number of hydrogen-bond acceptors (Lipinski definition) is 2. The first-order valence-electron chi connectivity index (χ1n) is 5.56. The van der Waals surface area contributed by atoms with Crippen molar-refractivity contribution in [3.05, 3.63) is 36.4 Å². The number of nitrogens with one attached hydrogen (secondary N) is 2. The normalized spacial score (nSPS) is 10.2. The van der Waals surface area contributed by atoms with Crippen molar-refractivity contribution in [1.82, 2.24) is 5.32 Å². The molecule has 0 radical (unpaired) electrons. The van der Waals surface area contributed by atoms with Crippen LogP contribution < -0.4 is 15.4 Å². The molecule has 0 atom stereocenters. The van der Waals surface area contributed by atoms with Gasteiger partial charge in [-0.15, -0.1) is 0 Å². The Balaban J connectivity index is 2.39. The quantitative estimate of drug-likeness (QED) is 0.608. The predicted molar refractivity (Wildman–Crippen MR) is 69.4 cm³/mol. The molecule has 0 aliphatic heterocycles. The highest BCUT2D eigenvalue weighted by Gasteiger charge is 2.00. The van der Waals surface area contributed by atoms with Gasteiger partial charge in [-0.2, -0.15) is 0 Å². The molecule has 0 aliphatic rings. The molecule has 92 valence electrons. The average molecular weight is 234 g/mol. The number of urea groups is 1. The molecule has 0 spiro atoms. The zero-order chi connectivity index (χ0) is 12.5. The molecule has 1 aromatic rings. The Morgan fingerprint density at radius 1 is 1.47 bits per heavy atom. The van der Waals surface area contributed by atoms with Gasteiger partial charge in [0.15, 0.2) is 0 Å². The monoisotopic (exact) mass is 234 g/mol. The molecule has 0 saturated carbocycles. The van der Waals surface area contributed by atoms with Crippen LogP contribution in [0, 0.1) is 0 Å². The number of hydrogen-bond donors (Lipinski definition) is 2. The fourth-order valence-corrected chi connectivity index (χ4v) is 1.31. The van der Waals surface area contributed by atoms with E-state index in [2.05, 4.69) is 10.6 Å². The molecule has 0 aromatic heterocycles. The Bertz CT molecular complexity index is 389. The van der Waals surface area contributed by atoms with Gasteiger partial charge in [0.1, 0.15) is 5.75 Å². The lowest BCUT2D eigenvalue weighted by molar-refractivity contribution is 0.252. The Kier molecular flexibility index (Phi) is 5.64. The molecule has 4 heteroatoms. The summed E-state index contributed by atoms with van der Waals surface area (Å²) < 4.78 is 5.07. The van der Waals surface area contributed by atoms with Crippen LogP contribution >= 0.6 is 0 Å². The maximum absolute atomic E-state index is 11.5. The molecule has 4 nitrogen and oxygen atoms in total. The molecular formula is C13H18N2O2. The number of amides is 2. The molecule has 1 aromatic carbocycles. The van der Waals surface area contributed by atoms with E-state index in [1.54, 1.807) is 13.2 Å². The molecular weight excluding hydrogens is 216 g/mol. The number of ether oxygens (including phenoxy) is 1. The van der Waals surface area contributed by atoms with Crippen molar-refractivity contribution in [2.75, 3.05) is 19.0 Å². The largest absolute Gasteiger partial charge is 0.497 e. The highest BCUT2D eigenvalue weighted by molar-refractivity contribution is 5.89. The number of allylic oxidation sites excluding steroid dienone is 1. The average Bonchev–Trinajstić information content (AvgIpc) is 2.35. The minimum Gasteiger partial charge on any atom is -0.497 e. The van der Waals surface area contributed by atoms with Crippen molar-refractivity contribution in [2.45, 2.75) is 13.3 Å². The fraction of sp³-hybridized carbons (Fsp3) is 0.308. The van der Waals surface area contributed by atoms with Gasteiger partial charge in [0.25, 0.3) is 0 Å². The summed E-state index contributed by atoms with van der Waals surface area (Å²) in [6, 6.07) is 7.03. The van der Waals surface area contributed by atoms with Crippen molar-refractivity contribution < 1.29 is 9.53 Å². The second-order valence-electron chi connectivity index (χ2n) is 3.47. The second-order valence-corrected chi connectivity index (χ2v) is 3.47. The lowest BCUT2D eigenvalue weighted by Crippen LogP contribution is -2.29. The van der Waals surface area contributed by atoms with E-state index in [1.165, 1.54) is 0 Å². The second kappa shape index (κ2) is 7.33. The van der Waals surface area contributed by atoms with Crippen LogP contribution in [0.5, 0.6) is 5.75 Å². The maximum atomic E-state index is 11.5. The molecule has 0 aliphatic carbocycles. The predicted octanol–water partition coefficient (Wildman–Crippen LogP) is 2.78.